The maximum atomic E-state index is 10.9. The quantitative estimate of drug-likeness (QED) is 0.856. The van der Waals surface area contributed by atoms with Crippen LogP contribution in [0.5, 0.6) is 0 Å². The van der Waals surface area contributed by atoms with E-state index < -0.39 is 0 Å². The van der Waals surface area contributed by atoms with E-state index in [0.29, 0.717) is 13.0 Å². The van der Waals surface area contributed by atoms with E-state index in [9.17, 15) is 4.79 Å². The van der Waals surface area contributed by atoms with Gasteiger partial charge in [-0.15, -0.1) is 0 Å². The van der Waals surface area contributed by atoms with Crippen LogP contribution in [0, 0.1) is 6.92 Å². The van der Waals surface area contributed by atoms with Crippen molar-refractivity contribution in [1.29, 1.82) is 0 Å². The number of carbonyl (C=O) groups is 1. The molecule has 1 N–H and O–H groups in total. The number of benzene rings is 1. The van der Waals surface area contributed by atoms with Crippen molar-refractivity contribution >= 4 is 27.6 Å². The lowest BCUT2D eigenvalue weighted by Gasteiger charge is -2.07. The molecular weight excluding hydrogens is 258 g/mol. The molecule has 0 saturated carbocycles. The number of nitrogens with one attached hydrogen (secondary N) is 1. The van der Waals surface area contributed by atoms with Gasteiger partial charge in [0.05, 0.1) is 13.5 Å². The Morgan fingerprint density at radius 2 is 2.20 bits per heavy atom. The maximum absolute atomic E-state index is 10.9. The molecule has 1 aromatic carbocycles. The SMILES string of the molecule is COC(=O)CCNc1cc(C)cc(Br)c1. The normalized spacial score (nSPS) is 9.80. The highest BCUT2D eigenvalue weighted by atomic mass is 79.9. The topological polar surface area (TPSA) is 38.3 Å². The van der Waals surface area contributed by atoms with Crippen LogP contribution in [0.3, 0.4) is 0 Å². The summed E-state index contributed by atoms with van der Waals surface area (Å²) in [6, 6.07) is 6.04. The molecule has 0 radical (unpaired) electrons. The molecule has 0 saturated heterocycles. The lowest BCUT2D eigenvalue weighted by molar-refractivity contribution is -0.140. The second-order valence-corrected chi connectivity index (χ2v) is 4.19. The van der Waals surface area contributed by atoms with Crippen molar-refractivity contribution in [2.24, 2.45) is 0 Å². The lowest BCUT2D eigenvalue weighted by Crippen LogP contribution is -2.09. The third-order valence-corrected chi connectivity index (χ3v) is 2.39. The number of aryl methyl sites for hydroxylation is 1. The Labute approximate surface area is 97.9 Å². The van der Waals surface area contributed by atoms with Crippen molar-refractivity contribution in [3.63, 3.8) is 0 Å². The van der Waals surface area contributed by atoms with Gasteiger partial charge in [-0.3, -0.25) is 4.79 Å². The summed E-state index contributed by atoms with van der Waals surface area (Å²) in [6.45, 7) is 2.61. The van der Waals surface area contributed by atoms with Crippen molar-refractivity contribution in [2.75, 3.05) is 19.0 Å². The lowest BCUT2D eigenvalue weighted by atomic mass is 10.2. The van der Waals surface area contributed by atoms with E-state index in [1.54, 1.807) is 0 Å². The van der Waals surface area contributed by atoms with Crippen LogP contribution in [-0.2, 0) is 9.53 Å². The molecule has 1 aromatic rings. The zero-order chi connectivity index (χ0) is 11.3. The number of hydrogen-bond donors (Lipinski definition) is 1. The first-order valence-electron chi connectivity index (χ1n) is 4.69. The molecular formula is C11H14BrNO2. The highest BCUT2D eigenvalue weighted by molar-refractivity contribution is 9.10. The number of hydrogen-bond acceptors (Lipinski definition) is 3. The Morgan fingerprint density at radius 3 is 2.80 bits per heavy atom. The van der Waals surface area contributed by atoms with Crippen LogP contribution in [0.1, 0.15) is 12.0 Å². The van der Waals surface area contributed by atoms with Crippen LogP contribution in [0.4, 0.5) is 5.69 Å². The Hall–Kier alpha value is -1.03. The number of rotatable bonds is 4. The predicted octanol–water partition coefficient (Wildman–Crippen LogP) is 2.73. The standard InChI is InChI=1S/C11H14BrNO2/c1-8-5-9(12)7-10(6-8)13-4-3-11(14)15-2/h5-7,13H,3-4H2,1-2H3. The van der Waals surface area contributed by atoms with Crippen LogP contribution >= 0.6 is 15.9 Å². The minimum absolute atomic E-state index is 0.200. The van der Waals surface area contributed by atoms with E-state index in [1.165, 1.54) is 12.7 Å². The van der Waals surface area contributed by atoms with E-state index in [0.717, 1.165) is 10.2 Å². The molecule has 0 aliphatic rings. The van der Waals surface area contributed by atoms with Gasteiger partial charge in [-0.2, -0.15) is 0 Å². The van der Waals surface area contributed by atoms with Crippen LogP contribution in [0.15, 0.2) is 22.7 Å². The smallest absolute Gasteiger partial charge is 0.307 e. The Morgan fingerprint density at radius 1 is 1.47 bits per heavy atom. The average molecular weight is 272 g/mol. The molecule has 0 aliphatic carbocycles. The number of esters is 1. The molecule has 0 unspecified atom stereocenters. The van der Waals surface area contributed by atoms with Gasteiger partial charge in [0, 0.05) is 16.7 Å². The minimum Gasteiger partial charge on any atom is -0.469 e. The number of ether oxygens (including phenoxy) is 1. The fourth-order valence-electron chi connectivity index (χ4n) is 1.25. The maximum Gasteiger partial charge on any atom is 0.307 e. The van der Waals surface area contributed by atoms with Gasteiger partial charge in [-0.1, -0.05) is 15.9 Å². The van der Waals surface area contributed by atoms with E-state index in [1.807, 2.05) is 25.1 Å². The van der Waals surface area contributed by atoms with E-state index in [4.69, 9.17) is 0 Å². The molecule has 1 rings (SSSR count). The summed E-state index contributed by atoms with van der Waals surface area (Å²) < 4.78 is 5.58. The van der Waals surface area contributed by atoms with E-state index in [-0.39, 0.29) is 5.97 Å². The summed E-state index contributed by atoms with van der Waals surface area (Å²) in [7, 11) is 1.39. The van der Waals surface area contributed by atoms with Crippen molar-refractivity contribution in [2.45, 2.75) is 13.3 Å². The van der Waals surface area contributed by atoms with Crippen molar-refractivity contribution in [3.8, 4) is 0 Å². The number of methoxy groups -OCH3 is 1. The number of halogens is 1. The third-order valence-electron chi connectivity index (χ3n) is 1.93. The van der Waals surface area contributed by atoms with Crippen molar-refractivity contribution < 1.29 is 9.53 Å². The molecule has 4 heteroatoms. The van der Waals surface area contributed by atoms with Crippen LogP contribution in [0.2, 0.25) is 0 Å². The minimum atomic E-state index is -0.200. The second kappa shape index (κ2) is 5.75. The summed E-state index contributed by atoms with van der Waals surface area (Å²) in [5.41, 5.74) is 2.18. The average Bonchev–Trinajstić information content (AvgIpc) is 2.16. The number of anilines is 1. The van der Waals surface area contributed by atoms with Crippen molar-refractivity contribution in [3.05, 3.63) is 28.2 Å². The first-order chi connectivity index (χ1) is 7.11. The van der Waals surface area contributed by atoms with Gasteiger partial charge in [-0.25, -0.2) is 0 Å². The molecule has 0 aromatic heterocycles. The molecule has 0 atom stereocenters. The van der Waals surface area contributed by atoms with E-state index >= 15 is 0 Å². The molecule has 0 spiro atoms. The van der Waals surface area contributed by atoms with Gasteiger partial charge in [0.2, 0.25) is 0 Å². The zero-order valence-electron chi connectivity index (χ0n) is 8.84. The monoisotopic (exact) mass is 271 g/mol. The molecule has 82 valence electrons. The Kier molecular flexibility index (Phi) is 4.62. The highest BCUT2D eigenvalue weighted by Gasteiger charge is 2.00. The Bertz CT molecular complexity index is 332. The van der Waals surface area contributed by atoms with Gasteiger partial charge < -0.3 is 10.1 Å². The second-order valence-electron chi connectivity index (χ2n) is 3.27. The zero-order valence-corrected chi connectivity index (χ0v) is 10.4. The molecule has 0 heterocycles. The fourth-order valence-corrected chi connectivity index (χ4v) is 1.86. The molecule has 0 bridgehead atoms. The van der Waals surface area contributed by atoms with Crippen LogP contribution in [0.25, 0.3) is 0 Å². The molecule has 3 nitrogen and oxygen atoms in total. The largest absolute Gasteiger partial charge is 0.469 e. The molecule has 0 amide bonds. The first kappa shape index (κ1) is 12.0. The van der Waals surface area contributed by atoms with Gasteiger partial charge in [0.25, 0.3) is 0 Å². The van der Waals surface area contributed by atoms with Gasteiger partial charge in [0.15, 0.2) is 0 Å². The highest BCUT2D eigenvalue weighted by Crippen LogP contribution is 2.18. The van der Waals surface area contributed by atoms with Crippen molar-refractivity contribution in [1.82, 2.24) is 0 Å². The third kappa shape index (κ3) is 4.34. The van der Waals surface area contributed by atoms with Gasteiger partial charge in [0.1, 0.15) is 0 Å². The Balaban J connectivity index is 2.47. The van der Waals surface area contributed by atoms with Gasteiger partial charge in [-0.05, 0) is 30.7 Å². The number of carbonyl (C=O) groups excluding carboxylic acids is 1. The van der Waals surface area contributed by atoms with Crippen LogP contribution in [-0.4, -0.2) is 19.6 Å². The summed E-state index contributed by atoms with van der Waals surface area (Å²) in [5, 5.41) is 3.16. The summed E-state index contributed by atoms with van der Waals surface area (Å²) in [5.74, 6) is -0.200. The summed E-state index contributed by atoms with van der Waals surface area (Å²) in [4.78, 5) is 10.9. The van der Waals surface area contributed by atoms with Crippen LogP contribution < -0.4 is 5.32 Å². The summed E-state index contributed by atoms with van der Waals surface area (Å²) in [6.07, 6.45) is 0.377. The van der Waals surface area contributed by atoms with E-state index in [2.05, 4.69) is 26.0 Å². The summed E-state index contributed by atoms with van der Waals surface area (Å²) >= 11 is 3.42. The molecule has 0 aliphatic heterocycles. The van der Waals surface area contributed by atoms with Gasteiger partial charge >= 0.3 is 5.97 Å². The predicted molar refractivity (Wildman–Crippen MR) is 64.0 cm³/mol. The fraction of sp³-hybridized carbons (Fsp3) is 0.364. The first-order valence-corrected chi connectivity index (χ1v) is 5.49. The molecule has 15 heavy (non-hydrogen) atoms. The molecule has 0 fully saturated rings.